The summed E-state index contributed by atoms with van der Waals surface area (Å²) in [5.41, 5.74) is 7.90. The van der Waals surface area contributed by atoms with Crippen molar-refractivity contribution in [2.24, 2.45) is 5.73 Å². The van der Waals surface area contributed by atoms with Crippen molar-refractivity contribution < 1.29 is 9.53 Å². The molecule has 3 atom stereocenters. The van der Waals surface area contributed by atoms with Gasteiger partial charge in [-0.15, -0.1) is 0 Å². The highest BCUT2D eigenvalue weighted by molar-refractivity contribution is 5.99. The predicted molar refractivity (Wildman–Crippen MR) is 65.3 cm³/mol. The summed E-state index contributed by atoms with van der Waals surface area (Å²) in [5, 5.41) is 0. The SMILES string of the molecule is CC1Oc2ccc(C3CC3N)cc2N(C)C1=O. The second kappa shape index (κ2) is 3.47. The first-order chi connectivity index (χ1) is 8.08. The van der Waals surface area contributed by atoms with Crippen LogP contribution in [0.25, 0.3) is 0 Å². The molecule has 0 spiro atoms. The van der Waals surface area contributed by atoms with Crippen molar-refractivity contribution in [2.45, 2.75) is 31.4 Å². The molecule has 1 aromatic rings. The molecule has 2 N–H and O–H groups in total. The topological polar surface area (TPSA) is 55.6 Å². The van der Waals surface area contributed by atoms with Gasteiger partial charge in [-0.3, -0.25) is 4.79 Å². The van der Waals surface area contributed by atoms with Crippen LogP contribution in [-0.2, 0) is 4.79 Å². The van der Waals surface area contributed by atoms with Crippen molar-refractivity contribution in [1.82, 2.24) is 0 Å². The molecule has 90 valence electrons. The Hall–Kier alpha value is -1.55. The molecular weight excluding hydrogens is 216 g/mol. The van der Waals surface area contributed by atoms with Crippen LogP contribution in [0.4, 0.5) is 5.69 Å². The van der Waals surface area contributed by atoms with Crippen LogP contribution in [0.2, 0.25) is 0 Å². The summed E-state index contributed by atoms with van der Waals surface area (Å²) < 4.78 is 5.57. The maximum atomic E-state index is 11.8. The predicted octanol–water partition coefficient (Wildman–Crippen LogP) is 1.24. The summed E-state index contributed by atoms with van der Waals surface area (Å²) in [6, 6.07) is 6.29. The lowest BCUT2D eigenvalue weighted by Crippen LogP contribution is -2.42. The minimum atomic E-state index is -0.401. The molecule has 1 aromatic carbocycles. The highest BCUT2D eigenvalue weighted by Gasteiger charge is 2.36. The largest absolute Gasteiger partial charge is 0.479 e. The average molecular weight is 232 g/mol. The van der Waals surface area contributed by atoms with E-state index in [1.165, 1.54) is 5.56 Å². The van der Waals surface area contributed by atoms with E-state index in [0.29, 0.717) is 5.92 Å². The van der Waals surface area contributed by atoms with Crippen molar-refractivity contribution in [3.05, 3.63) is 23.8 Å². The summed E-state index contributed by atoms with van der Waals surface area (Å²) in [6.45, 7) is 1.77. The third kappa shape index (κ3) is 1.60. The number of rotatable bonds is 1. The molecule has 17 heavy (non-hydrogen) atoms. The van der Waals surface area contributed by atoms with Crippen molar-refractivity contribution in [3.63, 3.8) is 0 Å². The first-order valence-corrected chi connectivity index (χ1v) is 5.91. The summed E-state index contributed by atoms with van der Waals surface area (Å²) in [5.74, 6) is 1.22. The standard InChI is InChI=1S/C13H16N2O2/c1-7-13(16)15(2)11-5-8(9-6-10(9)14)3-4-12(11)17-7/h3-5,7,9-10H,6,14H2,1-2H3. The lowest BCUT2D eigenvalue weighted by Gasteiger charge is -2.30. The second-order valence-electron chi connectivity index (χ2n) is 4.89. The molecule has 4 heteroatoms. The van der Waals surface area contributed by atoms with E-state index in [4.69, 9.17) is 10.5 Å². The molecule has 1 aliphatic carbocycles. The van der Waals surface area contributed by atoms with Crippen LogP contribution in [0.1, 0.15) is 24.8 Å². The lowest BCUT2D eigenvalue weighted by atomic mass is 10.1. The Morgan fingerprint density at radius 2 is 2.18 bits per heavy atom. The normalized spacial score (nSPS) is 30.9. The summed E-state index contributed by atoms with van der Waals surface area (Å²) in [6.07, 6.45) is 0.634. The van der Waals surface area contributed by atoms with Gasteiger partial charge in [-0.1, -0.05) is 6.07 Å². The van der Waals surface area contributed by atoms with Gasteiger partial charge in [0.1, 0.15) is 5.75 Å². The fraction of sp³-hybridized carbons (Fsp3) is 0.462. The Balaban J connectivity index is 1.99. The zero-order chi connectivity index (χ0) is 12.2. The zero-order valence-electron chi connectivity index (χ0n) is 10.0. The third-order valence-corrected chi connectivity index (χ3v) is 3.59. The minimum Gasteiger partial charge on any atom is -0.479 e. The van der Waals surface area contributed by atoms with E-state index < -0.39 is 6.10 Å². The number of hydrogen-bond donors (Lipinski definition) is 1. The van der Waals surface area contributed by atoms with Crippen molar-refractivity contribution in [3.8, 4) is 5.75 Å². The smallest absolute Gasteiger partial charge is 0.267 e. The van der Waals surface area contributed by atoms with Crippen molar-refractivity contribution >= 4 is 11.6 Å². The number of nitrogens with zero attached hydrogens (tertiary/aromatic N) is 1. The van der Waals surface area contributed by atoms with Crippen molar-refractivity contribution in [2.75, 3.05) is 11.9 Å². The van der Waals surface area contributed by atoms with Crippen LogP contribution in [0.3, 0.4) is 0 Å². The molecule has 1 saturated carbocycles. The van der Waals surface area contributed by atoms with Crippen LogP contribution in [-0.4, -0.2) is 25.1 Å². The van der Waals surface area contributed by atoms with Gasteiger partial charge in [0.2, 0.25) is 0 Å². The summed E-state index contributed by atoms with van der Waals surface area (Å²) >= 11 is 0. The Bertz CT molecular complexity index is 486. The number of carbonyl (C=O) groups is 1. The maximum absolute atomic E-state index is 11.8. The zero-order valence-corrected chi connectivity index (χ0v) is 10.0. The first-order valence-electron chi connectivity index (χ1n) is 5.91. The van der Waals surface area contributed by atoms with Gasteiger partial charge < -0.3 is 15.4 Å². The van der Waals surface area contributed by atoms with E-state index in [1.807, 2.05) is 18.2 Å². The Kier molecular flexibility index (Phi) is 2.16. The van der Waals surface area contributed by atoms with Gasteiger partial charge >= 0.3 is 0 Å². The number of ether oxygens (including phenoxy) is 1. The number of nitrogens with two attached hydrogens (primary N) is 1. The molecule has 1 heterocycles. The molecule has 0 bridgehead atoms. The van der Waals surface area contributed by atoms with Crippen LogP contribution < -0.4 is 15.4 Å². The Labute approximate surface area is 100 Å². The van der Waals surface area contributed by atoms with Gasteiger partial charge in [0.15, 0.2) is 6.10 Å². The fourth-order valence-electron chi connectivity index (χ4n) is 2.36. The first kappa shape index (κ1) is 10.6. The molecule has 2 aliphatic rings. The third-order valence-electron chi connectivity index (χ3n) is 3.59. The van der Waals surface area contributed by atoms with Crippen LogP contribution in [0, 0.1) is 0 Å². The molecule has 3 unspecified atom stereocenters. The fourth-order valence-corrected chi connectivity index (χ4v) is 2.36. The molecule has 1 fully saturated rings. The number of likely N-dealkylation sites (N-methyl/N-ethyl adjacent to an activating group) is 1. The number of fused-ring (bicyclic) bond motifs is 1. The number of hydrogen-bond acceptors (Lipinski definition) is 3. The minimum absolute atomic E-state index is 0.00487. The molecule has 4 nitrogen and oxygen atoms in total. The number of benzene rings is 1. The van der Waals surface area contributed by atoms with Crippen LogP contribution >= 0.6 is 0 Å². The Morgan fingerprint density at radius 1 is 1.47 bits per heavy atom. The highest BCUT2D eigenvalue weighted by Crippen LogP contribution is 2.43. The molecule has 0 radical (unpaired) electrons. The molecule has 3 rings (SSSR count). The van der Waals surface area contributed by atoms with E-state index >= 15 is 0 Å². The van der Waals surface area contributed by atoms with Gasteiger partial charge in [0.05, 0.1) is 5.69 Å². The maximum Gasteiger partial charge on any atom is 0.267 e. The van der Waals surface area contributed by atoms with E-state index in [9.17, 15) is 4.79 Å². The van der Waals surface area contributed by atoms with Gasteiger partial charge in [-0.05, 0) is 31.0 Å². The summed E-state index contributed by atoms with van der Waals surface area (Å²) in [4.78, 5) is 13.5. The van der Waals surface area contributed by atoms with Gasteiger partial charge in [0.25, 0.3) is 5.91 Å². The summed E-state index contributed by atoms with van der Waals surface area (Å²) in [7, 11) is 1.79. The Morgan fingerprint density at radius 3 is 2.82 bits per heavy atom. The molecule has 1 aliphatic heterocycles. The van der Waals surface area contributed by atoms with Crippen molar-refractivity contribution in [1.29, 1.82) is 0 Å². The number of amides is 1. The quantitative estimate of drug-likeness (QED) is 0.792. The highest BCUT2D eigenvalue weighted by atomic mass is 16.5. The average Bonchev–Trinajstić information content (AvgIpc) is 3.03. The second-order valence-corrected chi connectivity index (χ2v) is 4.89. The molecular formula is C13H16N2O2. The van der Waals surface area contributed by atoms with E-state index in [0.717, 1.165) is 17.9 Å². The van der Waals surface area contributed by atoms with E-state index in [-0.39, 0.29) is 11.9 Å². The van der Waals surface area contributed by atoms with Gasteiger partial charge in [-0.2, -0.15) is 0 Å². The van der Waals surface area contributed by atoms with Crippen LogP contribution in [0.15, 0.2) is 18.2 Å². The monoisotopic (exact) mass is 232 g/mol. The molecule has 0 aromatic heterocycles. The van der Waals surface area contributed by atoms with Gasteiger partial charge in [-0.25, -0.2) is 0 Å². The van der Waals surface area contributed by atoms with Gasteiger partial charge in [0, 0.05) is 19.0 Å². The van der Waals surface area contributed by atoms with Crippen LogP contribution in [0.5, 0.6) is 5.75 Å². The number of carbonyl (C=O) groups excluding carboxylic acids is 1. The van der Waals surface area contributed by atoms with E-state index in [1.54, 1.807) is 18.9 Å². The molecule has 1 amide bonds. The number of anilines is 1. The van der Waals surface area contributed by atoms with E-state index in [2.05, 4.69) is 0 Å². The lowest BCUT2D eigenvalue weighted by molar-refractivity contribution is -0.125. The molecule has 0 saturated heterocycles.